The van der Waals surface area contributed by atoms with E-state index < -0.39 is 7.12 Å². The molecule has 1 aliphatic rings. The van der Waals surface area contributed by atoms with Crippen molar-refractivity contribution in [3.8, 4) is 5.75 Å². The highest BCUT2D eigenvalue weighted by molar-refractivity contribution is 6.43. The molecule has 0 aliphatic carbocycles. The van der Waals surface area contributed by atoms with Gasteiger partial charge in [0.25, 0.3) is 0 Å². The highest BCUT2D eigenvalue weighted by Gasteiger charge is 2.27. The van der Waals surface area contributed by atoms with Gasteiger partial charge in [0.15, 0.2) is 0 Å². The zero-order valence-corrected chi connectivity index (χ0v) is 17.1. The van der Waals surface area contributed by atoms with Crippen LogP contribution in [0.4, 0.5) is 0 Å². The number of benzene rings is 1. The predicted molar refractivity (Wildman–Crippen MR) is 115 cm³/mol. The van der Waals surface area contributed by atoms with Gasteiger partial charge in [-0.1, -0.05) is 62.6 Å². The highest BCUT2D eigenvalue weighted by atomic mass is 35.5. The van der Waals surface area contributed by atoms with Crippen LogP contribution in [0.3, 0.4) is 0 Å². The molecule has 1 aliphatic heterocycles. The summed E-state index contributed by atoms with van der Waals surface area (Å²) in [5, 5.41) is 20.0. The first-order valence-electron chi connectivity index (χ1n) is 9.84. The van der Waals surface area contributed by atoms with Crippen molar-refractivity contribution in [3.63, 3.8) is 0 Å². The van der Waals surface area contributed by atoms with Gasteiger partial charge in [-0.15, -0.1) is 0 Å². The quantitative estimate of drug-likeness (QED) is 0.497. The summed E-state index contributed by atoms with van der Waals surface area (Å²) in [6.45, 7) is 8.50. The molecule has 0 bridgehead atoms. The molecule has 0 saturated heterocycles. The predicted octanol–water partition coefficient (Wildman–Crippen LogP) is 6.17. The average molecular weight is 389 g/mol. The Kier molecular flexibility index (Phi) is 8.68. The number of allylic oxidation sites excluding steroid dienone is 2. The van der Waals surface area contributed by atoms with Gasteiger partial charge >= 0.3 is 7.12 Å². The van der Waals surface area contributed by atoms with Crippen LogP contribution in [-0.4, -0.2) is 23.4 Å². The van der Waals surface area contributed by atoms with E-state index in [9.17, 15) is 10.1 Å². The molecule has 27 heavy (non-hydrogen) atoms. The fourth-order valence-corrected chi connectivity index (χ4v) is 3.71. The lowest BCUT2D eigenvalue weighted by Crippen LogP contribution is -2.31. The number of hydrogen-bond acceptors (Lipinski definition) is 3. The minimum absolute atomic E-state index is 0.122. The minimum Gasteiger partial charge on any atom is -0.508 e. The Morgan fingerprint density at radius 1 is 1.30 bits per heavy atom. The van der Waals surface area contributed by atoms with Crippen LogP contribution in [-0.2, 0) is 4.65 Å². The Balaban J connectivity index is 2.13. The number of aromatic hydroxyl groups is 1. The van der Waals surface area contributed by atoms with Crippen LogP contribution in [0.2, 0.25) is 11.3 Å². The highest BCUT2D eigenvalue weighted by Crippen LogP contribution is 2.31. The van der Waals surface area contributed by atoms with Crippen LogP contribution in [0.1, 0.15) is 57.9 Å². The zero-order chi connectivity index (χ0) is 19.8. The Bertz CT molecular complexity index is 712. The maximum Gasteiger partial charge on any atom is 0.458 e. The van der Waals surface area contributed by atoms with Gasteiger partial charge in [0.1, 0.15) is 5.75 Å². The molecule has 146 valence electrons. The van der Waals surface area contributed by atoms with Crippen molar-refractivity contribution in [2.24, 2.45) is 0 Å². The van der Waals surface area contributed by atoms with Gasteiger partial charge in [-0.25, -0.2) is 0 Å². The normalized spacial score (nSPS) is 17.8. The smallest absolute Gasteiger partial charge is 0.458 e. The van der Waals surface area contributed by atoms with Crippen molar-refractivity contribution in [1.29, 1.82) is 0 Å². The second kappa shape index (κ2) is 10.7. The van der Waals surface area contributed by atoms with E-state index in [0.717, 1.165) is 55.2 Å². The summed E-state index contributed by atoms with van der Waals surface area (Å²) in [6.07, 6.45) is 10.3. The topological polar surface area (TPSA) is 49.7 Å². The lowest BCUT2D eigenvalue weighted by atomic mass is 9.77. The molecule has 5 heteroatoms. The van der Waals surface area contributed by atoms with Crippen LogP contribution in [0.25, 0.3) is 6.08 Å². The largest absolute Gasteiger partial charge is 0.508 e. The SMILES string of the molecule is C=C(CCC)C1=CCB(O)OC1CC/C(=C/c1ccc(O)cc1Cl)CCC. The fraction of sp³-hybridized carbons (Fsp3) is 0.455. The molecule has 1 atom stereocenters. The van der Waals surface area contributed by atoms with E-state index in [1.165, 1.54) is 5.57 Å². The maximum absolute atomic E-state index is 9.92. The van der Waals surface area contributed by atoms with E-state index in [0.29, 0.717) is 11.3 Å². The molecule has 1 aromatic rings. The summed E-state index contributed by atoms with van der Waals surface area (Å²) in [5.74, 6) is 0.169. The first-order valence-corrected chi connectivity index (χ1v) is 10.2. The van der Waals surface area contributed by atoms with Gasteiger partial charge in [-0.05, 0) is 60.6 Å². The molecule has 1 heterocycles. The molecular formula is C22H30BClO3. The Hall–Kier alpha value is -1.49. The number of phenols is 1. The molecular weight excluding hydrogens is 359 g/mol. The standard InChI is InChI=1S/C22H30BClO3/c1-4-6-16(3)20-12-13-23(26)27-22(20)11-8-17(7-5-2)14-18-9-10-19(25)15-21(18)24/h9-10,12,14-15,22,25-26H,3-8,11,13H2,1-2H3/b17-14+. The second-order valence-electron chi connectivity index (χ2n) is 7.13. The van der Waals surface area contributed by atoms with Gasteiger partial charge in [0.05, 0.1) is 11.1 Å². The van der Waals surface area contributed by atoms with Crippen LogP contribution in [0.15, 0.2) is 47.6 Å². The maximum atomic E-state index is 9.92. The third-order valence-corrected chi connectivity index (χ3v) is 5.14. The third kappa shape index (κ3) is 6.56. The van der Waals surface area contributed by atoms with Crippen LogP contribution in [0, 0.1) is 0 Å². The molecule has 1 unspecified atom stereocenters. The van der Waals surface area contributed by atoms with E-state index in [-0.39, 0.29) is 11.9 Å². The molecule has 0 saturated carbocycles. The van der Waals surface area contributed by atoms with E-state index in [1.807, 2.05) is 6.07 Å². The number of halogens is 1. The lowest BCUT2D eigenvalue weighted by molar-refractivity contribution is 0.182. The molecule has 0 spiro atoms. The summed E-state index contributed by atoms with van der Waals surface area (Å²) in [4.78, 5) is 0. The van der Waals surface area contributed by atoms with Gasteiger partial charge < -0.3 is 14.8 Å². The van der Waals surface area contributed by atoms with Gasteiger partial charge in [-0.2, -0.15) is 0 Å². The van der Waals surface area contributed by atoms with Crippen LogP contribution >= 0.6 is 11.6 Å². The van der Waals surface area contributed by atoms with Crippen molar-refractivity contribution >= 4 is 24.8 Å². The summed E-state index contributed by atoms with van der Waals surface area (Å²) in [6, 6.07) is 5.05. The molecule has 0 radical (unpaired) electrons. The zero-order valence-electron chi connectivity index (χ0n) is 16.4. The molecule has 0 fully saturated rings. The first-order chi connectivity index (χ1) is 12.9. The summed E-state index contributed by atoms with van der Waals surface area (Å²) < 4.78 is 5.82. The Morgan fingerprint density at radius 3 is 2.70 bits per heavy atom. The van der Waals surface area contributed by atoms with Crippen LogP contribution < -0.4 is 0 Å². The second-order valence-corrected chi connectivity index (χ2v) is 7.53. The van der Waals surface area contributed by atoms with Crippen molar-refractivity contribution in [2.75, 3.05) is 0 Å². The van der Waals surface area contributed by atoms with Crippen molar-refractivity contribution in [1.82, 2.24) is 0 Å². The van der Waals surface area contributed by atoms with E-state index >= 15 is 0 Å². The summed E-state index contributed by atoms with van der Waals surface area (Å²) in [7, 11) is -0.738. The van der Waals surface area contributed by atoms with Crippen LogP contribution in [0.5, 0.6) is 5.75 Å². The van der Waals surface area contributed by atoms with Crippen molar-refractivity contribution in [3.05, 3.63) is 58.2 Å². The van der Waals surface area contributed by atoms with Crippen molar-refractivity contribution in [2.45, 2.75) is 64.8 Å². The fourth-order valence-electron chi connectivity index (χ4n) is 3.48. The Labute approximate surface area is 168 Å². The van der Waals surface area contributed by atoms with Gasteiger partial charge in [-0.3, -0.25) is 0 Å². The number of phenolic OH excluding ortho intramolecular Hbond substituents is 1. The summed E-state index contributed by atoms with van der Waals surface area (Å²) in [5.41, 5.74) is 4.44. The average Bonchev–Trinajstić information content (AvgIpc) is 2.62. The first kappa shape index (κ1) is 21.8. The van der Waals surface area contributed by atoms with Crippen molar-refractivity contribution < 1.29 is 14.8 Å². The summed E-state index contributed by atoms with van der Waals surface area (Å²) >= 11 is 6.26. The molecule has 0 aromatic heterocycles. The number of hydrogen-bond donors (Lipinski definition) is 2. The molecule has 0 amide bonds. The van der Waals surface area contributed by atoms with E-state index in [2.05, 4.69) is 32.6 Å². The van der Waals surface area contributed by atoms with E-state index in [4.69, 9.17) is 16.3 Å². The monoisotopic (exact) mass is 388 g/mol. The van der Waals surface area contributed by atoms with E-state index in [1.54, 1.807) is 12.1 Å². The lowest BCUT2D eigenvalue weighted by Gasteiger charge is -2.28. The molecule has 1 aromatic carbocycles. The third-order valence-electron chi connectivity index (χ3n) is 4.81. The minimum atomic E-state index is -0.738. The molecule has 3 nitrogen and oxygen atoms in total. The number of rotatable bonds is 9. The van der Waals surface area contributed by atoms with Gasteiger partial charge in [0.2, 0.25) is 0 Å². The molecule has 2 N–H and O–H groups in total. The van der Waals surface area contributed by atoms with Gasteiger partial charge in [0, 0.05) is 6.32 Å². The Morgan fingerprint density at radius 2 is 2.04 bits per heavy atom. The molecule has 2 rings (SSSR count).